The lowest BCUT2D eigenvalue weighted by Crippen LogP contribution is -2.26. The molecule has 1 aliphatic heterocycles. The van der Waals surface area contributed by atoms with E-state index in [0.717, 1.165) is 17.7 Å². The van der Waals surface area contributed by atoms with Crippen molar-refractivity contribution in [3.63, 3.8) is 0 Å². The molecule has 3 rings (SSSR count). The summed E-state index contributed by atoms with van der Waals surface area (Å²) in [5.41, 5.74) is 3.67. The van der Waals surface area contributed by atoms with Crippen molar-refractivity contribution in [3.05, 3.63) is 59.2 Å². The molecular formula is C21H24N2O3. The van der Waals surface area contributed by atoms with Crippen molar-refractivity contribution in [2.75, 3.05) is 7.11 Å². The van der Waals surface area contributed by atoms with Crippen LogP contribution in [0, 0.1) is 6.92 Å². The Balaban J connectivity index is 1.99. The minimum absolute atomic E-state index is 0.0400. The van der Waals surface area contributed by atoms with Crippen molar-refractivity contribution in [1.29, 1.82) is 0 Å². The van der Waals surface area contributed by atoms with Gasteiger partial charge in [-0.05, 0) is 25.0 Å². The van der Waals surface area contributed by atoms with E-state index >= 15 is 0 Å². The van der Waals surface area contributed by atoms with E-state index in [1.807, 2.05) is 50.2 Å². The second-order valence-corrected chi connectivity index (χ2v) is 6.52. The largest absolute Gasteiger partial charge is 0.504 e. The topological polar surface area (TPSA) is 62.1 Å². The van der Waals surface area contributed by atoms with Crippen LogP contribution in [0.4, 0.5) is 0 Å². The van der Waals surface area contributed by atoms with Gasteiger partial charge in [-0.3, -0.25) is 4.79 Å². The number of benzene rings is 2. The number of nitrogens with zero attached hydrogens (tertiary/aromatic N) is 2. The Morgan fingerprint density at radius 1 is 1.27 bits per heavy atom. The van der Waals surface area contributed by atoms with Gasteiger partial charge in [-0.25, -0.2) is 5.01 Å². The molecule has 0 saturated carbocycles. The number of aryl methyl sites for hydroxylation is 1. The highest BCUT2D eigenvalue weighted by molar-refractivity contribution is 6.03. The highest BCUT2D eigenvalue weighted by Crippen LogP contribution is 2.41. The maximum Gasteiger partial charge on any atom is 0.243 e. The Morgan fingerprint density at radius 2 is 2.00 bits per heavy atom. The second kappa shape index (κ2) is 7.60. The minimum atomic E-state index is -0.333. The summed E-state index contributed by atoms with van der Waals surface area (Å²) in [7, 11) is 1.52. The molecular weight excluding hydrogens is 328 g/mol. The van der Waals surface area contributed by atoms with Crippen LogP contribution in [0.15, 0.2) is 47.6 Å². The Kier molecular flexibility index (Phi) is 5.26. The Bertz CT molecular complexity index is 828. The lowest BCUT2D eigenvalue weighted by atomic mass is 9.97. The average Bonchev–Trinajstić information content (AvgIpc) is 3.08. The number of carbonyl (C=O) groups excluding carboxylic acids is 1. The van der Waals surface area contributed by atoms with Crippen molar-refractivity contribution in [1.82, 2.24) is 5.01 Å². The molecule has 0 aliphatic carbocycles. The zero-order valence-corrected chi connectivity index (χ0v) is 15.4. The van der Waals surface area contributed by atoms with Gasteiger partial charge in [-0.15, -0.1) is 0 Å². The summed E-state index contributed by atoms with van der Waals surface area (Å²) in [6.07, 6.45) is 1.73. The maximum atomic E-state index is 12.6. The molecule has 0 saturated heterocycles. The summed E-state index contributed by atoms with van der Waals surface area (Å²) in [6.45, 7) is 4.00. The third-order valence-corrected chi connectivity index (χ3v) is 4.62. The van der Waals surface area contributed by atoms with Gasteiger partial charge in [-0.1, -0.05) is 48.9 Å². The van der Waals surface area contributed by atoms with Gasteiger partial charge in [-0.2, -0.15) is 5.10 Å². The van der Waals surface area contributed by atoms with Gasteiger partial charge < -0.3 is 9.84 Å². The number of phenolic OH excluding ortho intramolecular Hbond substituents is 1. The second-order valence-electron chi connectivity index (χ2n) is 6.52. The molecule has 0 spiro atoms. The molecule has 2 aromatic carbocycles. The van der Waals surface area contributed by atoms with Gasteiger partial charge in [0.05, 0.1) is 18.9 Å². The van der Waals surface area contributed by atoms with Gasteiger partial charge in [0.1, 0.15) is 0 Å². The number of phenols is 1. The van der Waals surface area contributed by atoms with Crippen LogP contribution in [0.5, 0.6) is 11.5 Å². The molecule has 5 nitrogen and oxygen atoms in total. The fourth-order valence-corrected chi connectivity index (χ4v) is 3.20. The first-order chi connectivity index (χ1) is 12.5. The Morgan fingerprint density at radius 3 is 2.65 bits per heavy atom. The van der Waals surface area contributed by atoms with Gasteiger partial charge in [0.25, 0.3) is 0 Å². The van der Waals surface area contributed by atoms with E-state index in [2.05, 4.69) is 5.10 Å². The van der Waals surface area contributed by atoms with E-state index in [9.17, 15) is 9.90 Å². The van der Waals surface area contributed by atoms with Crippen molar-refractivity contribution in [2.45, 2.75) is 39.2 Å². The number of ether oxygens (including phenoxy) is 1. The standard InChI is InChI=1S/C21H24N2O3/c1-4-6-20(24)23-18(16-7-5-8-19(26-3)21(16)25)13-17(22-23)15-11-9-14(2)10-12-15/h5,7-12,18,25H,4,6,13H2,1-3H3/t18-/m1/s1. The fourth-order valence-electron chi connectivity index (χ4n) is 3.20. The van der Waals surface area contributed by atoms with Crippen molar-refractivity contribution >= 4 is 11.6 Å². The molecule has 136 valence electrons. The van der Waals surface area contributed by atoms with E-state index in [4.69, 9.17) is 4.74 Å². The lowest BCUT2D eigenvalue weighted by molar-refractivity contribution is -0.133. The van der Waals surface area contributed by atoms with E-state index in [-0.39, 0.29) is 17.7 Å². The van der Waals surface area contributed by atoms with Crippen LogP contribution in [0.3, 0.4) is 0 Å². The monoisotopic (exact) mass is 352 g/mol. The third-order valence-electron chi connectivity index (χ3n) is 4.62. The molecule has 5 heteroatoms. The molecule has 0 radical (unpaired) electrons. The molecule has 2 aromatic rings. The zero-order chi connectivity index (χ0) is 18.7. The highest BCUT2D eigenvalue weighted by Gasteiger charge is 2.34. The van der Waals surface area contributed by atoms with Gasteiger partial charge in [0.2, 0.25) is 5.91 Å². The first-order valence-electron chi connectivity index (χ1n) is 8.87. The van der Waals surface area contributed by atoms with E-state index in [1.54, 1.807) is 6.07 Å². The van der Waals surface area contributed by atoms with Gasteiger partial charge in [0, 0.05) is 18.4 Å². The first-order valence-corrected chi connectivity index (χ1v) is 8.87. The van der Waals surface area contributed by atoms with E-state index < -0.39 is 0 Å². The Hall–Kier alpha value is -2.82. The normalized spacial score (nSPS) is 16.5. The van der Waals surface area contributed by atoms with Gasteiger partial charge in [0.15, 0.2) is 11.5 Å². The minimum Gasteiger partial charge on any atom is -0.504 e. The van der Waals surface area contributed by atoms with Crippen LogP contribution in [0.25, 0.3) is 0 Å². The van der Waals surface area contributed by atoms with Crippen molar-refractivity contribution in [3.8, 4) is 11.5 Å². The number of hydrogen-bond acceptors (Lipinski definition) is 4. The van der Waals surface area contributed by atoms with Crippen LogP contribution < -0.4 is 4.74 Å². The predicted octanol–water partition coefficient (Wildman–Crippen LogP) is 4.19. The number of amides is 1. The van der Waals surface area contributed by atoms with E-state index in [0.29, 0.717) is 24.2 Å². The van der Waals surface area contributed by atoms with E-state index in [1.165, 1.54) is 17.7 Å². The summed E-state index contributed by atoms with van der Waals surface area (Å²) in [5, 5.41) is 16.7. The highest BCUT2D eigenvalue weighted by atomic mass is 16.5. The molecule has 1 heterocycles. The van der Waals surface area contributed by atoms with Crippen LogP contribution >= 0.6 is 0 Å². The molecule has 1 N–H and O–H groups in total. The molecule has 1 aliphatic rings. The number of rotatable bonds is 5. The predicted molar refractivity (Wildman–Crippen MR) is 101 cm³/mol. The number of carbonyl (C=O) groups is 1. The van der Waals surface area contributed by atoms with Crippen LogP contribution in [-0.2, 0) is 4.79 Å². The smallest absolute Gasteiger partial charge is 0.243 e. The zero-order valence-electron chi connectivity index (χ0n) is 15.4. The summed E-state index contributed by atoms with van der Waals surface area (Å²) in [4.78, 5) is 12.6. The first kappa shape index (κ1) is 18.0. The Labute approximate surface area is 153 Å². The van der Waals surface area contributed by atoms with Crippen LogP contribution in [0.1, 0.15) is 48.9 Å². The molecule has 1 atom stereocenters. The number of para-hydroxylation sites is 1. The van der Waals surface area contributed by atoms with Gasteiger partial charge >= 0.3 is 0 Å². The summed E-state index contributed by atoms with van der Waals surface area (Å²) in [6, 6.07) is 13.1. The van der Waals surface area contributed by atoms with Crippen LogP contribution in [-0.4, -0.2) is 28.8 Å². The number of methoxy groups -OCH3 is 1. The molecule has 26 heavy (non-hydrogen) atoms. The molecule has 0 unspecified atom stereocenters. The molecule has 0 fully saturated rings. The van der Waals surface area contributed by atoms with Crippen LogP contribution in [0.2, 0.25) is 0 Å². The summed E-state index contributed by atoms with van der Waals surface area (Å²) >= 11 is 0. The number of hydrogen-bond donors (Lipinski definition) is 1. The average molecular weight is 352 g/mol. The quantitative estimate of drug-likeness (QED) is 0.878. The van der Waals surface area contributed by atoms with Crippen molar-refractivity contribution in [2.24, 2.45) is 5.10 Å². The molecule has 0 bridgehead atoms. The fraction of sp³-hybridized carbons (Fsp3) is 0.333. The molecule has 1 amide bonds. The van der Waals surface area contributed by atoms with Crippen molar-refractivity contribution < 1.29 is 14.6 Å². The number of aromatic hydroxyl groups is 1. The molecule has 0 aromatic heterocycles. The number of hydrazone groups is 1. The maximum absolute atomic E-state index is 12.6. The lowest BCUT2D eigenvalue weighted by Gasteiger charge is -2.23. The summed E-state index contributed by atoms with van der Waals surface area (Å²) < 4.78 is 5.22. The third kappa shape index (κ3) is 3.43. The summed E-state index contributed by atoms with van der Waals surface area (Å²) in [5.74, 6) is 0.422. The SMILES string of the molecule is CCCC(=O)N1N=C(c2ccc(C)cc2)C[C@@H]1c1cccc(OC)c1O.